The van der Waals surface area contributed by atoms with E-state index in [9.17, 15) is 9.90 Å². The molecular weight excluding hydrogens is 354 g/mol. The predicted molar refractivity (Wildman–Crippen MR) is 101 cm³/mol. The van der Waals surface area contributed by atoms with Crippen molar-refractivity contribution >= 4 is 24.7 Å². The van der Waals surface area contributed by atoms with E-state index in [4.69, 9.17) is 21.6 Å². The fraction of sp³-hybridized carbons (Fsp3) is 0.611. The lowest BCUT2D eigenvalue weighted by atomic mass is 9.80. The third kappa shape index (κ3) is 4.99. The highest BCUT2D eigenvalue weighted by atomic mass is 35.5. The van der Waals surface area contributed by atoms with Crippen molar-refractivity contribution in [1.29, 1.82) is 0 Å². The molecule has 8 heteroatoms. The number of halogens is 1. The average Bonchev–Trinajstić information content (AvgIpc) is 2.97. The number of nitrogens with zero attached hydrogens (tertiary/aromatic N) is 1. The number of carboxylic acid groups (broad SMARTS) is 1. The van der Waals surface area contributed by atoms with E-state index in [2.05, 4.69) is 16.3 Å². The van der Waals surface area contributed by atoms with E-state index in [1.807, 2.05) is 12.1 Å². The molecule has 2 aliphatic rings. The molecule has 1 aromatic rings. The Morgan fingerprint density at radius 1 is 1.31 bits per heavy atom. The second kappa shape index (κ2) is 8.72. The zero-order valence-electron chi connectivity index (χ0n) is 14.8. The highest BCUT2D eigenvalue weighted by Crippen LogP contribution is 2.29. The smallest absolute Gasteiger partial charge is 0.451 e. The van der Waals surface area contributed by atoms with E-state index in [-0.39, 0.29) is 11.8 Å². The fourth-order valence-electron chi connectivity index (χ4n) is 4.24. The molecule has 26 heavy (non-hydrogen) atoms. The first kappa shape index (κ1) is 19.6. The van der Waals surface area contributed by atoms with Crippen LogP contribution in [0.3, 0.4) is 0 Å². The van der Waals surface area contributed by atoms with Gasteiger partial charge in [0.2, 0.25) is 0 Å². The number of carbonyl (C=O) groups is 1. The first-order chi connectivity index (χ1) is 12.4. The Kier molecular flexibility index (Phi) is 6.58. The maximum Gasteiger partial charge on any atom is 0.451 e. The Morgan fingerprint density at radius 3 is 2.85 bits per heavy atom. The van der Waals surface area contributed by atoms with Gasteiger partial charge >= 0.3 is 13.1 Å². The monoisotopic (exact) mass is 380 g/mol. The van der Waals surface area contributed by atoms with Gasteiger partial charge in [0, 0.05) is 37.2 Å². The van der Waals surface area contributed by atoms with Gasteiger partial charge in [0.05, 0.1) is 5.92 Å². The first-order valence-electron chi connectivity index (χ1n) is 9.24. The number of fused-ring (bicyclic) bond motifs is 1. The lowest BCUT2D eigenvalue weighted by molar-refractivity contribution is -0.142. The molecule has 0 bridgehead atoms. The van der Waals surface area contributed by atoms with Crippen molar-refractivity contribution in [2.75, 3.05) is 19.6 Å². The van der Waals surface area contributed by atoms with E-state index in [0.29, 0.717) is 31.7 Å². The van der Waals surface area contributed by atoms with Crippen molar-refractivity contribution in [3.63, 3.8) is 0 Å². The minimum absolute atomic E-state index is 0.0703. The van der Waals surface area contributed by atoms with Gasteiger partial charge in [-0.05, 0) is 48.3 Å². The third-order valence-corrected chi connectivity index (χ3v) is 5.80. The summed E-state index contributed by atoms with van der Waals surface area (Å²) < 4.78 is 0. The Labute approximate surface area is 159 Å². The molecule has 1 aromatic carbocycles. The average molecular weight is 381 g/mol. The lowest BCUT2D eigenvalue weighted by Crippen LogP contribution is -2.44. The SMILES string of the molecule is O=C(O)C1CN(CC2Cc3ccc(Cl)cc3CN2)CC1CCCB(O)O. The van der Waals surface area contributed by atoms with Crippen LogP contribution in [0.25, 0.3) is 0 Å². The van der Waals surface area contributed by atoms with Crippen LogP contribution in [0.2, 0.25) is 11.3 Å². The standard InChI is InChI=1S/C18H26BClN2O4/c20-15-4-3-12-7-16(21-8-14(12)6-15)10-22-9-13(2-1-5-19(25)26)17(11-22)18(23)24/h3-4,6,13,16-17,21,25-26H,1-2,5,7-11H2,(H,23,24). The van der Waals surface area contributed by atoms with Crippen LogP contribution in [0.1, 0.15) is 24.0 Å². The van der Waals surface area contributed by atoms with Gasteiger partial charge in [-0.1, -0.05) is 24.1 Å². The normalized spacial score (nSPS) is 25.9. The van der Waals surface area contributed by atoms with Gasteiger partial charge < -0.3 is 25.4 Å². The second-order valence-electron chi connectivity index (χ2n) is 7.53. The van der Waals surface area contributed by atoms with Crippen LogP contribution in [0.4, 0.5) is 0 Å². The molecule has 1 saturated heterocycles. The highest BCUT2D eigenvalue weighted by molar-refractivity contribution is 6.40. The third-order valence-electron chi connectivity index (χ3n) is 5.57. The fourth-order valence-corrected chi connectivity index (χ4v) is 4.43. The summed E-state index contributed by atoms with van der Waals surface area (Å²) in [6.45, 7) is 2.93. The van der Waals surface area contributed by atoms with E-state index in [1.165, 1.54) is 11.1 Å². The summed E-state index contributed by atoms with van der Waals surface area (Å²) in [6.07, 6.45) is 2.56. The summed E-state index contributed by atoms with van der Waals surface area (Å²) in [7, 11) is -1.31. The molecule has 0 aromatic heterocycles. The van der Waals surface area contributed by atoms with Crippen LogP contribution in [0.5, 0.6) is 0 Å². The van der Waals surface area contributed by atoms with Gasteiger partial charge in [-0.2, -0.15) is 0 Å². The molecule has 1 fully saturated rings. The molecule has 0 amide bonds. The van der Waals surface area contributed by atoms with E-state index < -0.39 is 13.1 Å². The zero-order valence-corrected chi connectivity index (χ0v) is 15.5. The summed E-state index contributed by atoms with van der Waals surface area (Å²) in [6, 6.07) is 6.31. The lowest BCUT2D eigenvalue weighted by Gasteiger charge is -2.30. The number of carboxylic acids is 1. The maximum atomic E-state index is 11.6. The summed E-state index contributed by atoms with van der Waals surface area (Å²) in [5.41, 5.74) is 2.54. The molecule has 142 valence electrons. The number of aliphatic carboxylic acids is 1. The maximum absolute atomic E-state index is 11.6. The number of benzene rings is 1. The number of hydrogen-bond donors (Lipinski definition) is 4. The van der Waals surface area contributed by atoms with Crippen molar-refractivity contribution in [2.45, 2.75) is 38.2 Å². The Bertz CT molecular complexity index is 646. The summed E-state index contributed by atoms with van der Waals surface area (Å²) in [4.78, 5) is 13.8. The predicted octanol–water partition coefficient (Wildman–Crippen LogP) is 1.24. The summed E-state index contributed by atoms with van der Waals surface area (Å²) >= 11 is 6.05. The highest BCUT2D eigenvalue weighted by Gasteiger charge is 2.38. The van der Waals surface area contributed by atoms with Gasteiger partial charge in [0.1, 0.15) is 0 Å². The van der Waals surface area contributed by atoms with Gasteiger partial charge in [-0.25, -0.2) is 0 Å². The van der Waals surface area contributed by atoms with Crippen molar-refractivity contribution in [1.82, 2.24) is 10.2 Å². The van der Waals surface area contributed by atoms with Crippen molar-refractivity contribution < 1.29 is 19.9 Å². The molecule has 3 unspecified atom stereocenters. The minimum atomic E-state index is -1.31. The molecule has 0 aliphatic carbocycles. The van der Waals surface area contributed by atoms with E-state index in [0.717, 1.165) is 31.1 Å². The summed E-state index contributed by atoms with van der Waals surface area (Å²) in [5.74, 6) is -1.06. The molecule has 2 heterocycles. The Hall–Kier alpha value is -1.12. The quantitative estimate of drug-likeness (QED) is 0.532. The topological polar surface area (TPSA) is 93.0 Å². The van der Waals surface area contributed by atoms with E-state index in [1.54, 1.807) is 0 Å². The van der Waals surface area contributed by atoms with E-state index >= 15 is 0 Å². The Balaban J connectivity index is 1.55. The van der Waals surface area contributed by atoms with Crippen LogP contribution in [-0.4, -0.2) is 58.8 Å². The van der Waals surface area contributed by atoms with Gasteiger partial charge in [0.25, 0.3) is 0 Å². The van der Waals surface area contributed by atoms with Crippen LogP contribution >= 0.6 is 11.6 Å². The molecule has 0 radical (unpaired) electrons. The molecule has 2 aliphatic heterocycles. The molecule has 6 nitrogen and oxygen atoms in total. The number of rotatable bonds is 7. The van der Waals surface area contributed by atoms with Crippen LogP contribution in [0, 0.1) is 11.8 Å². The number of nitrogens with one attached hydrogen (secondary N) is 1. The number of likely N-dealkylation sites (tertiary alicyclic amines) is 1. The first-order valence-corrected chi connectivity index (χ1v) is 9.62. The Morgan fingerprint density at radius 2 is 2.12 bits per heavy atom. The molecule has 0 saturated carbocycles. The van der Waals surface area contributed by atoms with Gasteiger partial charge in [0.15, 0.2) is 0 Å². The van der Waals surface area contributed by atoms with Crippen molar-refractivity contribution in [2.24, 2.45) is 11.8 Å². The second-order valence-corrected chi connectivity index (χ2v) is 7.97. The van der Waals surface area contributed by atoms with Crippen molar-refractivity contribution in [3.8, 4) is 0 Å². The van der Waals surface area contributed by atoms with Gasteiger partial charge in [-0.15, -0.1) is 0 Å². The molecule has 0 spiro atoms. The zero-order chi connectivity index (χ0) is 18.7. The van der Waals surface area contributed by atoms with Crippen LogP contribution in [-0.2, 0) is 17.8 Å². The van der Waals surface area contributed by atoms with Crippen LogP contribution in [0.15, 0.2) is 18.2 Å². The van der Waals surface area contributed by atoms with Crippen molar-refractivity contribution in [3.05, 3.63) is 34.3 Å². The minimum Gasteiger partial charge on any atom is -0.481 e. The number of hydrogen-bond acceptors (Lipinski definition) is 5. The van der Waals surface area contributed by atoms with Crippen LogP contribution < -0.4 is 5.32 Å². The summed E-state index contributed by atoms with van der Waals surface area (Å²) in [5, 5.41) is 31.8. The molecule has 3 atom stereocenters. The largest absolute Gasteiger partial charge is 0.481 e. The van der Waals surface area contributed by atoms with Gasteiger partial charge in [-0.3, -0.25) is 4.79 Å². The molecule has 3 rings (SSSR count). The molecular formula is C18H26BClN2O4. The molecule has 4 N–H and O–H groups in total.